The molecular formula is C32H38F5N3O5. The van der Waals surface area contributed by atoms with E-state index < -0.39 is 77.0 Å². The monoisotopic (exact) mass is 639 g/mol. The summed E-state index contributed by atoms with van der Waals surface area (Å²) in [6.07, 6.45) is -5.69. The molecule has 5 rings (SSSR count). The van der Waals surface area contributed by atoms with Crippen LogP contribution in [0, 0.1) is 17.3 Å². The van der Waals surface area contributed by atoms with E-state index in [1.165, 1.54) is 11.8 Å². The molecule has 3 aliphatic rings. The minimum absolute atomic E-state index is 0.0124. The number of alkyl carbamates (subject to hydrolysis) is 1. The van der Waals surface area contributed by atoms with Gasteiger partial charge in [0.2, 0.25) is 11.8 Å². The number of hydrogen-bond donors (Lipinski definition) is 1. The van der Waals surface area contributed by atoms with Gasteiger partial charge in [0.15, 0.2) is 5.78 Å². The number of carbonyl (C=O) groups is 3. The maximum absolute atomic E-state index is 15.9. The van der Waals surface area contributed by atoms with Crippen LogP contribution in [0.3, 0.4) is 0 Å². The first kappa shape index (κ1) is 32.9. The van der Waals surface area contributed by atoms with E-state index in [2.05, 4.69) is 10.3 Å². The van der Waals surface area contributed by atoms with Gasteiger partial charge in [-0.25, -0.2) is 18.6 Å². The van der Waals surface area contributed by atoms with Gasteiger partial charge in [-0.3, -0.25) is 9.59 Å². The maximum atomic E-state index is 15.9. The molecule has 1 aromatic heterocycles. The molecule has 2 aromatic rings. The Hall–Kier alpha value is -3.51. The normalized spacial score (nSPS) is 29.4. The average Bonchev–Trinajstić information content (AvgIpc) is 3.58. The fourth-order valence-electron chi connectivity index (χ4n) is 6.40. The number of nitrogens with zero attached hydrogens (tertiary/aromatic N) is 2. The van der Waals surface area contributed by atoms with Crippen LogP contribution in [0.1, 0.15) is 77.8 Å². The lowest BCUT2D eigenvalue weighted by Gasteiger charge is -2.35. The Labute approximate surface area is 258 Å². The first-order valence-electron chi connectivity index (χ1n) is 15.2. The van der Waals surface area contributed by atoms with Crippen LogP contribution in [0.5, 0.6) is 5.88 Å². The summed E-state index contributed by atoms with van der Waals surface area (Å²) in [6, 6.07) is 1.70. The molecule has 0 spiro atoms. The molecule has 8 nitrogen and oxygen atoms in total. The first-order chi connectivity index (χ1) is 20.9. The van der Waals surface area contributed by atoms with Crippen LogP contribution in [0.2, 0.25) is 0 Å². The van der Waals surface area contributed by atoms with Gasteiger partial charge in [-0.1, -0.05) is 40.2 Å². The number of Topliss-reactive ketones (excluding diaryl/α,β-unsaturated/α-hetero) is 1. The number of aromatic nitrogens is 1. The number of alkyl halides is 5. The van der Waals surface area contributed by atoms with E-state index in [0.29, 0.717) is 19.3 Å². The highest BCUT2D eigenvalue weighted by Crippen LogP contribution is 2.44. The number of nitrogens with one attached hydrogen (secondary N) is 1. The molecule has 1 saturated carbocycles. The molecule has 6 atom stereocenters. The lowest BCUT2D eigenvalue weighted by molar-refractivity contribution is -0.141. The molecule has 1 N–H and O–H groups in total. The van der Waals surface area contributed by atoms with Crippen LogP contribution in [0.15, 0.2) is 24.3 Å². The van der Waals surface area contributed by atoms with Crippen molar-refractivity contribution in [2.45, 2.75) is 103 Å². The van der Waals surface area contributed by atoms with Crippen LogP contribution in [0.25, 0.3) is 10.9 Å². The highest BCUT2D eigenvalue weighted by atomic mass is 19.4. The van der Waals surface area contributed by atoms with E-state index in [0.717, 1.165) is 24.3 Å². The van der Waals surface area contributed by atoms with Gasteiger partial charge in [0, 0.05) is 17.7 Å². The van der Waals surface area contributed by atoms with E-state index >= 15 is 8.78 Å². The predicted octanol–water partition coefficient (Wildman–Crippen LogP) is 6.63. The summed E-state index contributed by atoms with van der Waals surface area (Å²) in [4.78, 5) is 45.2. The zero-order chi connectivity index (χ0) is 33.1. The number of benzene rings is 1. The Morgan fingerprint density at radius 3 is 2.42 bits per heavy atom. The van der Waals surface area contributed by atoms with Crippen LogP contribution in [0.4, 0.5) is 26.7 Å². The molecule has 0 radical (unpaired) electrons. The molecular weight excluding hydrogens is 601 g/mol. The minimum atomic E-state index is -4.68. The van der Waals surface area contributed by atoms with Gasteiger partial charge in [-0.05, 0) is 55.7 Å². The summed E-state index contributed by atoms with van der Waals surface area (Å²) in [5.74, 6) is -5.63. The zero-order valence-electron chi connectivity index (χ0n) is 25.8. The second-order valence-corrected chi connectivity index (χ2v) is 13.6. The number of hydrogen-bond acceptors (Lipinski definition) is 6. The van der Waals surface area contributed by atoms with Crippen molar-refractivity contribution in [2.24, 2.45) is 17.3 Å². The third kappa shape index (κ3) is 6.86. The summed E-state index contributed by atoms with van der Waals surface area (Å²) in [6.45, 7) is 7.98. The lowest BCUT2D eigenvalue weighted by Crippen LogP contribution is -2.57. The number of fused-ring (bicyclic) bond motifs is 5. The van der Waals surface area contributed by atoms with Crippen molar-refractivity contribution in [3.63, 3.8) is 0 Å². The number of halogens is 5. The Bertz CT molecular complexity index is 1490. The molecule has 3 heterocycles. The quantitative estimate of drug-likeness (QED) is 0.352. The summed E-state index contributed by atoms with van der Waals surface area (Å²) in [5, 5.41) is 2.77. The fourth-order valence-corrected chi connectivity index (χ4v) is 6.40. The second kappa shape index (κ2) is 11.7. The van der Waals surface area contributed by atoms with E-state index in [9.17, 15) is 27.6 Å². The van der Waals surface area contributed by atoms with Gasteiger partial charge in [-0.15, -0.1) is 0 Å². The summed E-state index contributed by atoms with van der Waals surface area (Å²) < 4.78 is 83.8. The predicted molar refractivity (Wildman–Crippen MR) is 154 cm³/mol. The molecule has 45 heavy (non-hydrogen) atoms. The van der Waals surface area contributed by atoms with Crippen molar-refractivity contribution in [3.8, 4) is 5.88 Å². The number of ether oxygens (including phenoxy) is 2. The van der Waals surface area contributed by atoms with Gasteiger partial charge in [0.25, 0.3) is 5.92 Å². The van der Waals surface area contributed by atoms with Crippen molar-refractivity contribution >= 4 is 28.7 Å². The van der Waals surface area contributed by atoms with Crippen molar-refractivity contribution in [3.05, 3.63) is 35.4 Å². The van der Waals surface area contributed by atoms with E-state index in [-0.39, 0.29) is 41.7 Å². The summed E-state index contributed by atoms with van der Waals surface area (Å²) in [5.41, 5.74) is -2.54. The van der Waals surface area contributed by atoms with Gasteiger partial charge in [-0.2, -0.15) is 13.2 Å². The first-order valence-corrected chi connectivity index (χ1v) is 15.2. The standard InChI is InChI=1S/C32H38F5N3O5/c1-16-24-15-40(25(16)17(2)41)28(42)26(30(3,4)5)39-29(43)45-23-13-19(23)8-6-7-11-31(33,34)21-12-18-9-10-20(32(35,36)37)14-22(18)38-27(21)44-24/h9-10,12,14,16,19,23-26H,6-8,11,13,15H2,1-5H3,(H,39,43)/t16-,19-,23-,24+,25+,26-/m1/s1. The van der Waals surface area contributed by atoms with Crippen LogP contribution < -0.4 is 10.1 Å². The molecule has 1 aliphatic carbocycles. The molecule has 2 fully saturated rings. The highest BCUT2D eigenvalue weighted by molar-refractivity contribution is 5.92. The van der Waals surface area contributed by atoms with Crippen LogP contribution in [-0.4, -0.2) is 58.5 Å². The van der Waals surface area contributed by atoms with E-state index in [1.54, 1.807) is 27.7 Å². The van der Waals surface area contributed by atoms with Gasteiger partial charge < -0.3 is 19.7 Å². The largest absolute Gasteiger partial charge is 0.472 e. The summed E-state index contributed by atoms with van der Waals surface area (Å²) in [7, 11) is 0. The number of pyridine rings is 1. The maximum Gasteiger partial charge on any atom is 0.416 e. The van der Waals surface area contributed by atoms with Gasteiger partial charge in [0.1, 0.15) is 18.2 Å². The SMILES string of the molecule is CC(=O)[C@@H]1[C@H](C)[C@@H]2CN1C(=O)[C@H](C(C)(C)C)NC(=O)O[C@@H]1C[C@H]1CCCCC(F)(F)c1cc3ccc(C(F)(F)F)cc3nc1O2. The smallest absolute Gasteiger partial charge is 0.416 e. The Balaban J connectivity index is 1.59. The zero-order valence-corrected chi connectivity index (χ0v) is 25.8. The Kier molecular flexibility index (Phi) is 8.54. The number of rotatable bonds is 1. The fraction of sp³-hybridized carbons (Fsp3) is 0.625. The number of carbonyl (C=O) groups excluding carboxylic acids is 3. The molecule has 246 valence electrons. The second-order valence-electron chi connectivity index (χ2n) is 13.6. The van der Waals surface area contributed by atoms with Crippen molar-refractivity contribution in [1.82, 2.24) is 15.2 Å². The van der Waals surface area contributed by atoms with Crippen molar-refractivity contribution in [2.75, 3.05) is 6.54 Å². The Morgan fingerprint density at radius 2 is 1.78 bits per heavy atom. The molecule has 0 unspecified atom stereocenters. The summed E-state index contributed by atoms with van der Waals surface area (Å²) >= 11 is 0. The van der Waals surface area contributed by atoms with Gasteiger partial charge in [0.05, 0.1) is 29.2 Å². The van der Waals surface area contributed by atoms with Crippen LogP contribution in [-0.2, 0) is 26.4 Å². The number of amides is 2. The third-order valence-electron chi connectivity index (χ3n) is 9.07. The van der Waals surface area contributed by atoms with E-state index in [4.69, 9.17) is 9.47 Å². The molecule has 1 saturated heterocycles. The Morgan fingerprint density at radius 1 is 1.07 bits per heavy atom. The molecule has 2 amide bonds. The average molecular weight is 640 g/mol. The topological polar surface area (TPSA) is 97.8 Å². The highest BCUT2D eigenvalue weighted by Gasteiger charge is 2.50. The third-order valence-corrected chi connectivity index (χ3v) is 9.07. The van der Waals surface area contributed by atoms with Crippen molar-refractivity contribution in [1.29, 1.82) is 0 Å². The lowest BCUT2D eigenvalue weighted by atomic mass is 9.85. The number of ketones is 1. The van der Waals surface area contributed by atoms with Gasteiger partial charge >= 0.3 is 12.3 Å². The molecule has 13 heteroatoms. The van der Waals surface area contributed by atoms with Crippen molar-refractivity contribution < 1.29 is 45.8 Å². The van der Waals surface area contributed by atoms with E-state index in [1.807, 2.05) is 0 Å². The molecule has 2 bridgehead atoms. The molecule has 1 aromatic carbocycles. The van der Waals surface area contributed by atoms with Crippen LogP contribution >= 0.6 is 0 Å². The minimum Gasteiger partial charge on any atom is -0.472 e. The molecule has 2 aliphatic heterocycles.